The van der Waals surface area contributed by atoms with E-state index in [0.717, 1.165) is 29.4 Å². The maximum atomic E-state index is 12.1. The molecule has 1 amide bonds. The van der Waals surface area contributed by atoms with Crippen LogP contribution in [0.4, 0.5) is 4.79 Å². The van der Waals surface area contributed by atoms with Gasteiger partial charge in [0.15, 0.2) is 0 Å². The number of ether oxygens (including phenoxy) is 1. The van der Waals surface area contributed by atoms with Crippen LogP contribution in [-0.2, 0) is 14.8 Å². The van der Waals surface area contributed by atoms with Crippen molar-refractivity contribution < 1.29 is 17.9 Å². The second-order valence-corrected chi connectivity index (χ2v) is 13.9. The molecule has 0 spiro atoms. The van der Waals surface area contributed by atoms with Crippen molar-refractivity contribution in [3.05, 3.63) is 0 Å². The van der Waals surface area contributed by atoms with Gasteiger partial charge in [0.2, 0.25) is 10.0 Å². The highest BCUT2D eigenvalue weighted by Gasteiger charge is 2.17. The first-order chi connectivity index (χ1) is 17.4. The van der Waals surface area contributed by atoms with E-state index >= 15 is 0 Å². The lowest BCUT2D eigenvalue weighted by atomic mass is 10.0. The van der Waals surface area contributed by atoms with Crippen molar-refractivity contribution in [1.29, 1.82) is 0 Å². The highest BCUT2D eigenvalue weighted by atomic mass is 127. The Bertz CT molecular complexity index is 594. The molecule has 6 nitrogen and oxygen atoms in total. The molecule has 0 saturated carbocycles. The number of alkyl halides is 1. The van der Waals surface area contributed by atoms with Crippen LogP contribution < -0.4 is 10.0 Å². The maximum Gasteiger partial charge on any atom is 0.407 e. The summed E-state index contributed by atoms with van der Waals surface area (Å²) >= 11 is 3.96. The molecule has 0 aliphatic rings. The van der Waals surface area contributed by atoms with E-state index in [9.17, 15) is 13.2 Å². The molecule has 0 saturated heterocycles. The zero-order valence-electron chi connectivity index (χ0n) is 23.2. The molecule has 0 fully saturated rings. The minimum Gasteiger partial charge on any atom is -0.450 e. The maximum absolute atomic E-state index is 12.1. The summed E-state index contributed by atoms with van der Waals surface area (Å²) in [6, 6.07) is -0.273. The molecular weight excluding hydrogens is 607 g/mol. The fraction of sp³-hybridized carbons (Fsp3) is 0.963. The molecule has 1 unspecified atom stereocenters. The van der Waals surface area contributed by atoms with Gasteiger partial charge in [0, 0.05) is 16.7 Å². The van der Waals surface area contributed by atoms with Crippen molar-refractivity contribution in [3.8, 4) is 0 Å². The molecule has 9 heteroatoms. The highest BCUT2D eigenvalue weighted by molar-refractivity contribution is 14.1. The summed E-state index contributed by atoms with van der Waals surface area (Å²) < 4.78 is 33.0. The van der Waals surface area contributed by atoms with E-state index in [0.29, 0.717) is 18.8 Å². The molecule has 0 aliphatic carbocycles. The Labute approximate surface area is 241 Å². The van der Waals surface area contributed by atoms with Gasteiger partial charge < -0.3 is 10.1 Å². The number of unbranched alkanes of at least 4 members (excludes halogenated alkanes) is 14. The van der Waals surface area contributed by atoms with Crippen LogP contribution in [0, 0.1) is 0 Å². The summed E-state index contributed by atoms with van der Waals surface area (Å²) in [5.74, 6) is 1.83. The standard InChI is InChI=1S/C27H55IN2O4S2/c1-3-5-7-8-9-10-11-12-13-14-15-16-17-18-22-35-25-26(30-27(31)34-21-6-4-2)24-29-36(32,33)23-19-20-28/h26,29H,3-25H2,1-2H3,(H,30,31). The number of thioether (sulfide) groups is 1. The number of rotatable bonds is 27. The van der Waals surface area contributed by atoms with Gasteiger partial charge in [-0.1, -0.05) is 126 Å². The van der Waals surface area contributed by atoms with Gasteiger partial charge in [-0.25, -0.2) is 17.9 Å². The van der Waals surface area contributed by atoms with E-state index in [1.54, 1.807) is 11.8 Å². The van der Waals surface area contributed by atoms with Gasteiger partial charge in [-0.05, 0) is 25.0 Å². The van der Waals surface area contributed by atoms with E-state index in [4.69, 9.17) is 4.74 Å². The average molecular weight is 663 g/mol. The molecule has 0 aliphatic heterocycles. The third kappa shape index (κ3) is 25.9. The number of amides is 1. The Morgan fingerprint density at radius 1 is 0.806 bits per heavy atom. The third-order valence-electron chi connectivity index (χ3n) is 6.11. The van der Waals surface area contributed by atoms with Gasteiger partial charge in [0.25, 0.3) is 0 Å². The summed E-state index contributed by atoms with van der Waals surface area (Å²) in [4.78, 5) is 12.1. The summed E-state index contributed by atoms with van der Waals surface area (Å²) in [7, 11) is -3.31. The lowest BCUT2D eigenvalue weighted by Crippen LogP contribution is -2.46. The first kappa shape index (κ1) is 36.3. The number of hydrogen-bond donors (Lipinski definition) is 2. The lowest BCUT2D eigenvalue weighted by Gasteiger charge is -2.19. The predicted octanol–water partition coefficient (Wildman–Crippen LogP) is 7.84. The molecule has 2 N–H and O–H groups in total. The molecule has 0 aromatic rings. The number of carbonyl (C=O) groups is 1. The Morgan fingerprint density at radius 3 is 1.86 bits per heavy atom. The van der Waals surface area contributed by atoms with Gasteiger partial charge in [-0.2, -0.15) is 11.8 Å². The van der Waals surface area contributed by atoms with E-state index in [1.807, 2.05) is 6.92 Å². The van der Waals surface area contributed by atoms with Crippen molar-refractivity contribution >= 4 is 50.5 Å². The van der Waals surface area contributed by atoms with E-state index < -0.39 is 16.1 Å². The van der Waals surface area contributed by atoms with Gasteiger partial charge in [-0.3, -0.25) is 0 Å². The van der Waals surface area contributed by atoms with Crippen molar-refractivity contribution in [1.82, 2.24) is 10.0 Å². The third-order valence-corrected chi connectivity index (χ3v) is 9.52. The number of hydrogen-bond acceptors (Lipinski definition) is 5. The van der Waals surface area contributed by atoms with Crippen LogP contribution in [0.1, 0.15) is 123 Å². The van der Waals surface area contributed by atoms with Crippen molar-refractivity contribution in [2.45, 2.75) is 129 Å². The van der Waals surface area contributed by atoms with Crippen LogP contribution in [0.5, 0.6) is 0 Å². The van der Waals surface area contributed by atoms with Gasteiger partial charge >= 0.3 is 6.09 Å². The number of halogens is 1. The van der Waals surface area contributed by atoms with Crippen molar-refractivity contribution in [2.75, 3.05) is 34.8 Å². The highest BCUT2D eigenvalue weighted by Crippen LogP contribution is 2.14. The SMILES string of the molecule is CCCCCCCCCCCCCCCCSCC(CNS(=O)(=O)CCCI)NC(=O)OCCCC. The summed E-state index contributed by atoms with van der Waals surface area (Å²) in [6.07, 6.45) is 20.9. The van der Waals surface area contributed by atoms with Crippen LogP contribution in [-0.4, -0.2) is 55.4 Å². The average Bonchev–Trinajstić information content (AvgIpc) is 2.86. The van der Waals surface area contributed by atoms with Gasteiger partial charge in [-0.15, -0.1) is 0 Å². The molecule has 216 valence electrons. The molecule has 0 bridgehead atoms. The molecule has 0 radical (unpaired) electrons. The summed E-state index contributed by atoms with van der Waals surface area (Å²) in [6.45, 7) is 4.91. The zero-order chi connectivity index (χ0) is 26.7. The van der Waals surface area contributed by atoms with E-state index in [2.05, 4.69) is 39.6 Å². The Balaban J connectivity index is 3.94. The second-order valence-electron chi connectivity index (χ2n) is 9.71. The van der Waals surface area contributed by atoms with Gasteiger partial charge in [0.1, 0.15) is 0 Å². The van der Waals surface area contributed by atoms with Crippen LogP contribution in [0.3, 0.4) is 0 Å². The molecular formula is C27H55IN2O4S2. The molecule has 0 rings (SSSR count). The predicted molar refractivity (Wildman–Crippen MR) is 166 cm³/mol. The first-order valence-electron chi connectivity index (χ1n) is 14.5. The lowest BCUT2D eigenvalue weighted by molar-refractivity contribution is 0.141. The van der Waals surface area contributed by atoms with Crippen molar-refractivity contribution in [2.24, 2.45) is 0 Å². The minimum atomic E-state index is -3.31. The van der Waals surface area contributed by atoms with E-state index in [1.165, 1.54) is 83.5 Å². The fourth-order valence-corrected chi connectivity index (χ4v) is 6.92. The minimum absolute atomic E-state index is 0.121. The Kier molecular flexibility index (Phi) is 27.0. The molecule has 1 atom stereocenters. The summed E-state index contributed by atoms with van der Waals surface area (Å²) in [5.41, 5.74) is 0. The normalized spacial score (nSPS) is 12.5. The zero-order valence-corrected chi connectivity index (χ0v) is 27.0. The quantitative estimate of drug-likeness (QED) is 0.0532. The molecule has 36 heavy (non-hydrogen) atoms. The smallest absolute Gasteiger partial charge is 0.407 e. The topological polar surface area (TPSA) is 84.5 Å². The van der Waals surface area contributed by atoms with Crippen LogP contribution in [0.15, 0.2) is 0 Å². The fourth-order valence-electron chi connectivity index (χ4n) is 3.84. The largest absolute Gasteiger partial charge is 0.450 e. The second kappa shape index (κ2) is 26.9. The van der Waals surface area contributed by atoms with Crippen molar-refractivity contribution in [3.63, 3.8) is 0 Å². The van der Waals surface area contributed by atoms with E-state index in [-0.39, 0.29) is 18.3 Å². The summed E-state index contributed by atoms with van der Waals surface area (Å²) in [5, 5.41) is 2.85. The number of carbonyl (C=O) groups excluding carboxylic acids is 1. The molecule has 0 aromatic carbocycles. The van der Waals surface area contributed by atoms with Crippen LogP contribution >= 0.6 is 34.4 Å². The molecule has 0 heterocycles. The number of alkyl carbamates (subject to hydrolysis) is 1. The van der Waals surface area contributed by atoms with Gasteiger partial charge in [0.05, 0.1) is 18.4 Å². The van der Waals surface area contributed by atoms with Crippen LogP contribution in [0.25, 0.3) is 0 Å². The monoisotopic (exact) mass is 662 g/mol. The Morgan fingerprint density at radius 2 is 1.33 bits per heavy atom. The number of sulfonamides is 1. The first-order valence-corrected chi connectivity index (χ1v) is 18.8. The number of nitrogens with one attached hydrogen (secondary N) is 2. The van der Waals surface area contributed by atoms with Crippen LogP contribution in [0.2, 0.25) is 0 Å². The Hall–Kier alpha value is 0.260. The molecule has 0 aromatic heterocycles.